The summed E-state index contributed by atoms with van der Waals surface area (Å²) in [5.41, 5.74) is 2.74. The van der Waals surface area contributed by atoms with Gasteiger partial charge in [0.25, 0.3) is 0 Å². The predicted molar refractivity (Wildman–Crippen MR) is 147 cm³/mol. The zero-order valence-electron chi connectivity index (χ0n) is 21.1. The van der Waals surface area contributed by atoms with Crippen LogP contribution in [0.5, 0.6) is 11.5 Å². The summed E-state index contributed by atoms with van der Waals surface area (Å²) in [6.07, 6.45) is 5.17. The normalized spacial score (nSPS) is 20.2. The smallest absolute Gasteiger partial charge is 0.138 e. The molecule has 5 nitrogen and oxygen atoms in total. The third-order valence-electron chi connectivity index (χ3n) is 7.45. The van der Waals surface area contributed by atoms with Gasteiger partial charge in [0.1, 0.15) is 16.5 Å². The van der Waals surface area contributed by atoms with E-state index in [0.29, 0.717) is 27.6 Å². The maximum absolute atomic E-state index is 11.3. The monoisotopic (exact) mass is 528 g/mol. The Morgan fingerprint density at radius 3 is 2.69 bits per heavy atom. The fourth-order valence-corrected chi connectivity index (χ4v) is 5.82. The second kappa shape index (κ2) is 11.8. The van der Waals surface area contributed by atoms with Gasteiger partial charge < -0.3 is 14.6 Å². The van der Waals surface area contributed by atoms with E-state index >= 15 is 0 Å². The number of aromatic nitrogens is 1. The van der Waals surface area contributed by atoms with Crippen molar-refractivity contribution >= 4 is 34.1 Å². The van der Waals surface area contributed by atoms with Crippen molar-refractivity contribution in [3.63, 3.8) is 0 Å². The van der Waals surface area contributed by atoms with Gasteiger partial charge in [0, 0.05) is 24.7 Å². The number of rotatable bonds is 9. The van der Waals surface area contributed by atoms with Crippen molar-refractivity contribution in [3.05, 3.63) is 76.4 Å². The molecule has 1 saturated heterocycles. The van der Waals surface area contributed by atoms with Crippen LogP contribution in [0.4, 0.5) is 0 Å². The minimum absolute atomic E-state index is 0.0793. The lowest BCUT2D eigenvalue weighted by Gasteiger charge is -2.39. The Hall–Kier alpha value is -2.31. The molecule has 0 bridgehead atoms. The van der Waals surface area contributed by atoms with E-state index in [9.17, 15) is 5.11 Å². The number of pyridine rings is 1. The van der Waals surface area contributed by atoms with Crippen LogP contribution in [-0.2, 0) is 6.54 Å². The van der Waals surface area contributed by atoms with Gasteiger partial charge in [0.05, 0.1) is 30.9 Å². The molecule has 36 heavy (non-hydrogen) atoms. The van der Waals surface area contributed by atoms with Gasteiger partial charge in [-0.05, 0) is 78.6 Å². The quantitative estimate of drug-likeness (QED) is 0.304. The lowest BCUT2D eigenvalue weighted by Crippen LogP contribution is -2.40. The Bertz CT molecular complexity index is 1220. The second-order valence-corrected chi connectivity index (χ2v) is 10.4. The average molecular weight is 530 g/mol. The molecule has 4 rings (SSSR count). The fraction of sp³-hybridized carbons (Fsp3) is 0.414. The highest BCUT2D eigenvalue weighted by Gasteiger charge is 2.31. The first-order chi connectivity index (χ1) is 17.4. The molecule has 0 saturated carbocycles. The Morgan fingerprint density at radius 1 is 1.17 bits per heavy atom. The number of fused-ring (bicyclic) bond motifs is 1. The van der Waals surface area contributed by atoms with Gasteiger partial charge in [0.15, 0.2) is 0 Å². The van der Waals surface area contributed by atoms with Crippen molar-refractivity contribution in [1.82, 2.24) is 9.88 Å². The SMILES string of the molecule is C=CC1CN(Cc2ccc(OC)c(Cl)c2Cl)CCC1CC(C)C(O)c1ccnc2ccc(OC)cc12. The number of methoxy groups -OCH3 is 2. The molecule has 2 heterocycles. The van der Waals surface area contributed by atoms with Gasteiger partial charge in [-0.2, -0.15) is 0 Å². The van der Waals surface area contributed by atoms with Crippen molar-refractivity contribution in [2.45, 2.75) is 32.4 Å². The van der Waals surface area contributed by atoms with Gasteiger partial charge in [-0.25, -0.2) is 0 Å². The van der Waals surface area contributed by atoms with E-state index in [0.717, 1.165) is 60.3 Å². The van der Waals surface area contributed by atoms with Crippen LogP contribution in [-0.4, -0.2) is 42.3 Å². The van der Waals surface area contributed by atoms with Crippen LogP contribution in [0.15, 0.2) is 55.3 Å². The van der Waals surface area contributed by atoms with Gasteiger partial charge in [-0.3, -0.25) is 9.88 Å². The minimum Gasteiger partial charge on any atom is -0.497 e. The minimum atomic E-state index is -0.591. The summed E-state index contributed by atoms with van der Waals surface area (Å²) >= 11 is 12.9. The molecule has 2 aromatic carbocycles. The molecule has 192 valence electrons. The number of hydrogen-bond acceptors (Lipinski definition) is 5. The molecular formula is C29H34Cl2N2O3. The first kappa shape index (κ1) is 26.7. The van der Waals surface area contributed by atoms with Crippen LogP contribution < -0.4 is 9.47 Å². The zero-order chi connectivity index (χ0) is 25.8. The number of ether oxygens (including phenoxy) is 2. The average Bonchev–Trinajstić information content (AvgIpc) is 2.91. The number of benzene rings is 2. The molecular weight excluding hydrogens is 495 g/mol. The fourth-order valence-electron chi connectivity index (χ4n) is 5.34. The molecule has 0 radical (unpaired) electrons. The van der Waals surface area contributed by atoms with E-state index in [1.54, 1.807) is 20.4 Å². The van der Waals surface area contributed by atoms with Crippen LogP contribution in [0.25, 0.3) is 10.9 Å². The number of hydrogen-bond donors (Lipinski definition) is 1. The number of aliphatic hydroxyl groups excluding tert-OH is 1. The maximum Gasteiger partial charge on any atom is 0.138 e. The van der Waals surface area contributed by atoms with Crippen LogP contribution >= 0.6 is 23.2 Å². The number of aliphatic hydroxyl groups is 1. The third kappa shape index (κ3) is 5.65. The highest BCUT2D eigenvalue weighted by molar-refractivity contribution is 6.43. The molecule has 1 fully saturated rings. The summed E-state index contributed by atoms with van der Waals surface area (Å²) in [6, 6.07) is 11.5. The van der Waals surface area contributed by atoms with Crippen molar-refractivity contribution in [2.24, 2.45) is 17.8 Å². The van der Waals surface area contributed by atoms with E-state index in [4.69, 9.17) is 32.7 Å². The molecule has 0 spiro atoms. The zero-order valence-corrected chi connectivity index (χ0v) is 22.6. The second-order valence-electron chi connectivity index (χ2n) is 9.68. The molecule has 7 heteroatoms. The van der Waals surface area contributed by atoms with Crippen molar-refractivity contribution in [2.75, 3.05) is 27.3 Å². The van der Waals surface area contributed by atoms with E-state index in [2.05, 4.69) is 29.5 Å². The Kier molecular flexibility index (Phi) is 8.78. The van der Waals surface area contributed by atoms with E-state index in [-0.39, 0.29) is 5.92 Å². The molecule has 1 N–H and O–H groups in total. The van der Waals surface area contributed by atoms with Gasteiger partial charge in [-0.1, -0.05) is 42.3 Å². The van der Waals surface area contributed by atoms with Crippen molar-refractivity contribution < 1.29 is 14.6 Å². The number of likely N-dealkylation sites (tertiary alicyclic amines) is 1. The van der Waals surface area contributed by atoms with Crippen LogP contribution in [0.2, 0.25) is 10.0 Å². The molecule has 1 aromatic heterocycles. The highest BCUT2D eigenvalue weighted by atomic mass is 35.5. The summed E-state index contributed by atoms with van der Waals surface area (Å²) in [5, 5.41) is 13.3. The van der Waals surface area contributed by atoms with Crippen LogP contribution in [0.3, 0.4) is 0 Å². The summed E-state index contributed by atoms with van der Waals surface area (Å²) < 4.78 is 10.7. The maximum atomic E-state index is 11.3. The van der Waals surface area contributed by atoms with Gasteiger partial charge >= 0.3 is 0 Å². The molecule has 4 unspecified atom stereocenters. The lowest BCUT2D eigenvalue weighted by atomic mass is 9.77. The summed E-state index contributed by atoms with van der Waals surface area (Å²) in [6.45, 7) is 8.83. The standard InChI is InChI=1S/C29H34Cl2N2O3/c1-5-19-16-33(17-21-6-9-26(36-4)28(31)27(21)30)13-11-20(19)14-18(2)29(34)23-10-12-32-25-8-7-22(35-3)15-24(23)25/h5-10,12,15,18-20,29,34H,1,11,13-14,16-17H2,2-4H3. The van der Waals surface area contributed by atoms with Gasteiger partial charge in [0.2, 0.25) is 0 Å². The number of halogens is 2. The van der Waals surface area contributed by atoms with Gasteiger partial charge in [-0.15, -0.1) is 6.58 Å². The third-order valence-corrected chi connectivity index (χ3v) is 8.35. The molecule has 3 aromatic rings. The number of nitrogens with zero attached hydrogens (tertiary/aromatic N) is 2. The summed E-state index contributed by atoms with van der Waals surface area (Å²) in [4.78, 5) is 6.85. The Balaban J connectivity index is 1.43. The first-order valence-electron chi connectivity index (χ1n) is 12.3. The Morgan fingerprint density at radius 2 is 1.97 bits per heavy atom. The first-order valence-corrected chi connectivity index (χ1v) is 13.1. The lowest BCUT2D eigenvalue weighted by molar-refractivity contribution is 0.0722. The van der Waals surface area contributed by atoms with Crippen LogP contribution in [0, 0.1) is 17.8 Å². The van der Waals surface area contributed by atoms with E-state index in [1.165, 1.54) is 0 Å². The Labute approximate surface area is 223 Å². The van der Waals surface area contributed by atoms with E-state index < -0.39 is 6.10 Å². The molecule has 1 aliphatic rings. The van der Waals surface area contributed by atoms with Crippen LogP contribution in [0.1, 0.15) is 37.0 Å². The summed E-state index contributed by atoms with van der Waals surface area (Å²) in [7, 11) is 3.23. The highest BCUT2D eigenvalue weighted by Crippen LogP contribution is 2.39. The largest absolute Gasteiger partial charge is 0.497 e. The molecule has 1 aliphatic heterocycles. The predicted octanol–water partition coefficient (Wildman–Crippen LogP) is 6.94. The topological polar surface area (TPSA) is 54.8 Å². The summed E-state index contributed by atoms with van der Waals surface area (Å²) in [5.74, 6) is 2.20. The molecule has 4 atom stereocenters. The number of piperidine rings is 1. The molecule has 0 amide bonds. The molecule has 0 aliphatic carbocycles. The van der Waals surface area contributed by atoms with Crippen molar-refractivity contribution in [1.29, 1.82) is 0 Å². The van der Waals surface area contributed by atoms with Crippen molar-refractivity contribution in [3.8, 4) is 11.5 Å². The van der Waals surface area contributed by atoms with E-state index in [1.807, 2.05) is 36.4 Å².